The molecule has 1 aliphatic heterocycles. The van der Waals surface area contributed by atoms with Gasteiger partial charge < -0.3 is 14.8 Å². The number of benzene rings is 2. The fourth-order valence-corrected chi connectivity index (χ4v) is 3.01. The number of nitrogens with two attached hydrogens (primary N) is 1. The van der Waals surface area contributed by atoms with E-state index in [-0.39, 0.29) is 18.2 Å². The first kappa shape index (κ1) is 17.9. The van der Waals surface area contributed by atoms with Crippen LogP contribution in [0.25, 0.3) is 0 Å². The quantitative estimate of drug-likeness (QED) is 0.764. The molecule has 6 nitrogen and oxygen atoms in total. The minimum atomic E-state index is -0.392. The average Bonchev–Trinajstić information content (AvgIpc) is 2.95. The van der Waals surface area contributed by atoms with Crippen LogP contribution in [0, 0.1) is 0 Å². The number of rotatable bonds is 7. The van der Waals surface area contributed by atoms with Crippen molar-refractivity contribution in [2.45, 2.75) is 25.9 Å². The molecule has 0 aromatic heterocycles. The van der Waals surface area contributed by atoms with Crippen molar-refractivity contribution in [1.82, 2.24) is 0 Å². The number of hydrogen-bond donors (Lipinski definition) is 1. The fourth-order valence-electron chi connectivity index (χ4n) is 3.01. The third kappa shape index (κ3) is 3.86. The summed E-state index contributed by atoms with van der Waals surface area (Å²) < 4.78 is 10.5. The predicted octanol–water partition coefficient (Wildman–Crippen LogP) is 1.49. The van der Waals surface area contributed by atoms with Crippen molar-refractivity contribution in [3.8, 4) is 11.5 Å². The molecule has 3 rings (SSSR count). The first-order chi connectivity index (χ1) is 12.6. The number of anilines is 1. The topological polar surface area (TPSA) is 72.4 Å². The van der Waals surface area contributed by atoms with Gasteiger partial charge in [-0.15, -0.1) is 0 Å². The van der Waals surface area contributed by atoms with Gasteiger partial charge in [-0.1, -0.05) is 0 Å². The molecule has 2 aromatic rings. The Morgan fingerprint density at radius 1 is 1.04 bits per heavy atom. The van der Waals surface area contributed by atoms with E-state index < -0.39 is 6.04 Å². The molecular formula is C20H23N2O4+. The Morgan fingerprint density at radius 2 is 1.69 bits per heavy atom. The molecule has 136 valence electrons. The highest BCUT2D eigenvalue weighted by atomic mass is 16.5. The molecule has 1 aliphatic rings. The predicted molar refractivity (Wildman–Crippen MR) is 97.1 cm³/mol. The van der Waals surface area contributed by atoms with Crippen LogP contribution in [-0.2, 0) is 16.1 Å². The van der Waals surface area contributed by atoms with Gasteiger partial charge in [-0.05, 0) is 55.5 Å². The van der Waals surface area contributed by atoms with Gasteiger partial charge in [0.05, 0.1) is 25.8 Å². The lowest BCUT2D eigenvalue weighted by Gasteiger charge is -2.15. The number of amides is 2. The summed E-state index contributed by atoms with van der Waals surface area (Å²) >= 11 is 0. The van der Waals surface area contributed by atoms with Crippen LogP contribution in [0.4, 0.5) is 5.69 Å². The summed E-state index contributed by atoms with van der Waals surface area (Å²) in [6, 6.07) is 14.3. The number of hydrogen-bond acceptors (Lipinski definition) is 4. The lowest BCUT2D eigenvalue weighted by atomic mass is 10.2. The molecule has 1 saturated heterocycles. The molecule has 2 N–H and O–H groups in total. The molecule has 0 saturated carbocycles. The highest BCUT2D eigenvalue weighted by molar-refractivity contribution is 6.21. The molecule has 0 spiro atoms. The summed E-state index contributed by atoms with van der Waals surface area (Å²) in [4.78, 5) is 26.3. The van der Waals surface area contributed by atoms with Crippen LogP contribution in [0.5, 0.6) is 11.5 Å². The van der Waals surface area contributed by atoms with E-state index in [0.29, 0.717) is 18.8 Å². The first-order valence-corrected chi connectivity index (χ1v) is 8.68. The van der Waals surface area contributed by atoms with Gasteiger partial charge in [-0.25, -0.2) is 4.90 Å². The third-order valence-electron chi connectivity index (χ3n) is 4.38. The molecule has 2 aromatic carbocycles. The molecule has 1 atom stereocenters. The van der Waals surface area contributed by atoms with E-state index in [9.17, 15) is 9.59 Å². The Balaban J connectivity index is 1.64. The largest absolute Gasteiger partial charge is 0.497 e. The summed E-state index contributed by atoms with van der Waals surface area (Å²) in [5.41, 5.74) is 1.66. The van der Waals surface area contributed by atoms with Crippen LogP contribution in [0.2, 0.25) is 0 Å². The van der Waals surface area contributed by atoms with Crippen molar-refractivity contribution in [3.63, 3.8) is 0 Å². The standard InChI is InChI=1S/C20H22N2O4/c1-3-26-17-10-6-15(7-11-17)22-19(23)12-18(20(22)24)21-13-14-4-8-16(25-2)9-5-14/h4-11,18,21H,3,12-13H2,1-2H3/p+1/t18-/m1/s1. The second-order valence-corrected chi connectivity index (χ2v) is 6.09. The summed E-state index contributed by atoms with van der Waals surface area (Å²) in [5, 5.41) is 1.91. The van der Waals surface area contributed by atoms with Gasteiger partial charge in [0.15, 0.2) is 6.04 Å². The summed E-state index contributed by atoms with van der Waals surface area (Å²) in [6.45, 7) is 3.11. The minimum absolute atomic E-state index is 0.171. The highest BCUT2D eigenvalue weighted by Crippen LogP contribution is 2.24. The van der Waals surface area contributed by atoms with Gasteiger partial charge in [-0.3, -0.25) is 9.59 Å². The maximum absolute atomic E-state index is 12.7. The number of methoxy groups -OCH3 is 1. The van der Waals surface area contributed by atoms with Crippen molar-refractivity contribution in [1.29, 1.82) is 0 Å². The van der Waals surface area contributed by atoms with Crippen LogP contribution in [0.1, 0.15) is 18.9 Å². The van der Waals surface area contributed by atoms with Crippen LogP contribution < -0.4 is 19.7 Å². The average molecular weight is 355 g/mol. The second kappa shape index (κ2) is 8.01. The number of carbonyl (C=O) groups excluding carboxylic acids is 2. The number of nitrogens with zero attached hydrogens (tertiary/aromatic N) is 1. The van der Waals surface area contributed by atoms with Crippen molar-refractivity contribution < 1.29 is 24.4 Å². The van der Waals surface area contributed by atoms with E-state index >= 15 is 0 Å². The number of quaternary nitrogens is 1. The van der Waals surface area contributed by atoms with Gasteiger partial charge in [0.25, 0.3) is 5.91 Å². The smallest absolute Gasteiger partial charge is 0.292 e. The molecule has 2 amide bonds. The highest BCUT2D eigenvalue weighted by Gasteiger charge is 2.42. The Morgan fingerprint density at radius 3 is 2.31 bits per heavy atom. The monoisotopic (exact) mass is 355 g/mol. The summed E-state index contributed by atoms with van der Waals surface area (Å²) in [6.07, 6.45) is 0.211. The minimum Gasteiger partial charge on any atom is -0.497 e. The number of imide groups is 1. The molecule has 0 unspecified atom stereocenters. The molecule has 1 heterocycles. The summed E-state index contributed by atoms with van der Waals surface area (Å²) in [5.74, 6) is 1.17. The van der Waals surface area contributed by atoms with Crippen LogP contribution >= 0.6 is 0 Å². The van der Waals surface area contributed by atoms with Gasteiger partial charge in [0, 0.05) is 5.56 Å². The zero-order chi connectivity index (χ0) is 18.5. The van der Waals surface area contributed by atoms with E-state index in [1.807, 2.05) is 36.5 Å². The molecular weight excluding hydrogens is 332 g/mol. The SMILES string of the molecule is CCOc1ccc(N2C(=O)C[C@@H]([NH2+]Cc3ccc(OC)cc3)C2=O)cc1. The normalized spacial score (nSPS) is 16.8. The Kier molecular flexibility index (Phi) is 5.53. The van der Waals surface area contributed by atoms with Crippen molar-refractivity contribution in [2.75, 3.05) is 18.6 Å². The van der Waals surface area contributed by atoms with Gasteiger partial charge in [-0.2, -0.15) is 0 Å². The Hall–Kier alpha value is -2.86. The van der Waals surface area contributed by atoms with Crippen molar-refractivity contribution in [3.05, 3.63) is 54.1 Å². The summed E-state index contributed by atoms with van der Waals surface area (Å²) in [7, 11) is 1.62. The molecule has 6 heteroatoms. The third-order valence-corrected chi connectivity index (χ3v) is 4.38. The maximum atomic E-state index is 12.7. The van der Waals surface area contributed by atoms with Crippen LogP contribution in [0.3, 0.4) is 0 Å². The lowest BCUT2D eigenvalue weighted by Crippen LogP contribution is -2.90. The Labute approximate surface area is 152 Å². The van der Waals surface area contributed by atoms with E-state index in [1.165, 1.54) is 4.90 Å². The number of carbonyl (C=O) groups is 2. The van der Waals surface area contributed by atoms with Crippen molar-refractivity contribution >= 4 is 17.5 Å². The molecule has 1 fully saturated rings. The van der Waals surface area contributed by atoms with E-state index in [0.717, 1.165) is 17.1 Å². The van der Waals surface area contributed by atoms with Gasteiger partial charge >= 0.3 is 0 Å². The van der Waals surface area contributed by atoms with Crippen LogP contribution in [-0.4, -0.2) is 31.6 Å². The molecule has 26 heavy (non-hydrogen) atoms. The number of ether oxygens (including phenoxy) is 2. The molecule has 0 aliphatic carbocycles. The van der Waals surface area contributed by atoms with Gasteiger partial charge in [0.2, 0.25) is 5.91 Å². The second-order valence-electron chi connectivity index (χ2n) is 6.09. The van der Waals surface area contributed by atoms with Crippen molar-refractivity contribution in [2.24, 2.45) is 0 Å². The molecule has 0 bridgehead atoms. The first-order valence-electron chi connectivity index (χ1n) is 8.68. The Bertz CT molecular complexity index is 771. The van der Waals surface area contributed by atoms with E-state index in [4.69, 9.17) is 9.47 Å². The van der Waals surface area contributed by atoms with Gasteiger partial charge in [0.1, 0.15) is 18.0 Å². The zero-order valence-electron chi connectivity index (χ0n) is 15.0. The maximum Gasteiger partial charge on any atom is 0.292 e. The zero-order valence-corrected chi connectivity index (χ0v) is 15.0. The molecule has 0 radical (unpaired) electrons. The lowest BCUT2D eigenvalue weighted by molar-refractivity contribution is -0.690. The van der Waals surface area contributed by atoms with E-state index in [2.05, 4.69) is 0 Å². The van der Waals surface area contributed by atoms with E-state index in [1.54, 1.807) is 31.4 Å². The fraction of sp³-hybridized carbons (Fsp3) is 0.300. The van der Waals surface area contributed by atoms with Crippen LogP contribution in [0.15, 0.2) is 48.5 Å².